The molecular weight excluding hydrogens is 213 g/mol. The van der Waals surface area contributed by atoms with Gasteiger partial charge in [0.2, 0.25) is 0 Å². The number of hydrogen-bond donors (Lipinski definition) is 1. The van der Waals surface area contributed by atoms with Gasteiger partial charge in [-0.2, -0.15) is 0 Å². The zero-order valence-corrected chi connectivity index (χ0v) is 11.5. The van der Waals surface area contributed by atoms with E-state index in [0.29, 0.717) is 17.9 Å². The van der Waals surface area contributed by atoms with Crippen molar-refractivity contribution in [3.05, 3.63) is 35.1 Å². The summed E-state index contributed by atoms with van der Waals surface area (Å²) < 4.78 is 13.1. The predicted molar refractivity (Wildman–Crippen MR) is 71.7 cm³/mol. The van der Waals surface area contributed by atoms with Crippen LogP contribution < -0.4 is 5.32 Å². The van der Waals surface area contributed by atoms with E-state index in [-0.39, 0.29) is 5.82 Å². The van der Waals surface area contributed by atoms with Crippen molar-refractivity contribution in [3.63, 3.8) is 0 Å². The lowest BCUT2D eigenvalue weighted by atomic mass is 9.83. The van der Waals surface area contributed by atoms with Crippen LogP contribution in [0.2, 0.25) is 0 Å². The third-order valence-corrected chi connectivity index (χ3v) is 3.71. The Morgan fingerprint density at radius 2 is 1.88 bits per heavy atom. The Morgan fingerprint density at radius 3 is 2.35 bits per heavy atom. The summed E-state index contributed by atoms with van der Waals surface area (Å²) >= 11 is 0. The average molecular weight is 237 g/mol. The van der Waals surface area contributed by atoms with Crippen molar-refractivity contribution < 1.29 is 4.39 Å². The van der Waals surface area contributed by atoms with Crippen LogP contribution in [0.15, 0.2) is 18.2 Å². The van der Waals surface area contributed by atoms with Crippen LogP contribution in [0.25, 0.3) is 0 Å². The van der Waals surface area contributed by atoms with Crippen LogP contribution >= 0.6 is 0 Å². The molecule has 2 atom stereocenters. The van der Waals surface area contributed by atoms with E-state index in [0.717, 1.165) is 12.0 Å². The molecule has 0 spiro atoms. The van der Waals surface area contributed by atoms with Gasteiger partial charge in [-0.05, 0) is 62.4 Å². The fraction of sp³-hybridized carbons (Fsp3) is 0.600. The molecule has 0 aromatic heterocycles. The molecule has 2 unspecified atom stereocenters. The quantitative estimate of drug-likeness (QED) is 0.825. The number of hydrogen-bond acceptors (Lipinski definition) is 1. The maximum atomic E-state index is 13.1. The lowest BCUT2D eigenvalue weighted by Gasteiger charge is -2.28. The summed E-state index contributed by atoms with van der Waals surface area (Å²) in [4.78, 5) is 0. The Kier molecular flexibility index (Phi) is 5.13. The lowest BCUT2D eigenvalue weighted by molar-refractivity contribution is 0.299. The zero-order chi connectivity index (χ0) is 13.0. The van der Waals surface area contributed by atoms with Gasteiger partial charge in [0.05, 0.1) is 0 Å². The highest BCUT2D eigenvalue weighted by molar-refractivity contribution is 5.27. The van der Waals surface area contributed by atoms with Crippen molar-refractivity contribution in [2.24, 2.45) is 11.8 Å². The van der Waals surface area contributed by atoms with Crippen molar-refractivity contribution >= 4 is 0 Å². The van der Waals surface area contributed by atoms with Crippen molar-refractivity contribution in [3.8, 4) is 0 Å². The fourth-order valence-electron chi connectivity index (χ4n) is 2.35. The largest absolute Gasteiger partial charge is 0.317 e. The molecule has 1 aromatic carbocycles. The third-order valence-electron chi connectivity index (χ3n) is 3.71. The number of nitrogens with one attached hydrogen (secondary N) is 1. The van der Waals surface area contributed by atoms with E-state index in [9.17, 15) is 4.39 Å². The molecule has 0 aliphatic carbocycles. The second kappa shape index (κ2) is 6.15. The van der Waals surface area contributed by atoms with Crippen molar-refractivity contribution in [1.29, 1.82) is 0 Å². The van der Waals surface area contributed by atoms with Crippen LogP contribution in [0.1, 0.15) is 31.9 Å². The SMILES string of the molecule is CNC(C)C(Cc1ccc(F)cc1C)C(C)C. The van der Waals surface area contributed by atoms with E-state index in [4.69, 9.17) is 0 Å². The molecule has 96 valence electrons. The highest BCUT2D eigenvalue weighted by atomic mass is 19.1. The fourth-order valence-corrected chi connectivity index (χ4v) is 2.35. The van der Waals surface area contributed by atoms with E-state index in [1.54, 1.807) is 12.1 Å². The van der Waals surface area contributed by atoms with Gasteiger partial charge in [-0.1, -0.05) is 19.9 Å². The summed E-state index contributed by atoms with van der Waals surface area (Å²) in [7, 11) is 2.00. The van der Waals surface area contributed by atoms with Crippen LogP contribution in [0.3, 0.4) is 0 Å². The molecule has 1 rings (SSSR count). The van der Waals surface area contributed by atoms with Gasteiger partial charge >= 0.3 is 0 Å². The Morgan fingerprint density at radius 1 is 1.24 bits per heavy atom. The van der Waals surface area contributed by atoms with E-state index in [1.165, 1.54) is 5.56 Å². The third kappa shape index (κ3) is 3.81. The predicted octanol–water partition coefficient (Wildman–Crippen LogP) is 3.56. The molecule has 1 nitrogen and oxygen atoms in total. The number of halogens is 1. The van der Waals surface area contributed by atoms with Crippen LogP contribution in [-0.4, -0.2) is 13.1 Å². The van der Waals surface area contributed by atoms with Crippen LogP contribution in [0.4, 0.5) is 4.39 Å². The molecule has 0 aliphatic heterocycles. The molecule has 17 heavy (non-hydrogen) atoms. The topological polar surface area (TPSA) is 12.0 Å². The summed E-state index contributed by atoms with van der Waals surface area (Å²) in [6.07, 6.45) is 1.01. The Hall–Kier alpha value is -0.890. The van der Waals surface area contributed by atoms with E-state index < -0.39 is 0 Å². The first-order valence-electron chi connectivity index (χ1n) is 6.38. The Balaban J connectivity index is 2.86. The van der Waals surface area contributed by atoms with Crippen LogP contribution in [0.5, 0.6) is 0 Å². The maximum absolute atomic E-state index is 13.1. The highest BCUT2D eigenvalue weighted by Gasteiger charge is 2.20. The molecule has 0 saturated carbocycles. The zero-order valence-electron chi connectivity index (χ0n) is 11.5. The first-order chi connectivity index (χ1) is 7.95. The molecular formula is C15H24FN. The lowest BCUT2D eigenvalue weighted by Crippen LogP contribution is -2.35. The average Bonchev–Trinajstić information content (AvgIpc) is 2.26. The highest BCUT2D eigenvalue weighted by Crippen LogP contribution is 2.23. The van der Waals surface area contributed by atoms with Gasteiger partial charge < -0.3 is 5.32 Å². The minimum atomic E-state index is -0.144. The van der Waals surface area contributed by atoms with Gasteiger partial charge in [0.1, 0.15) is 5.82 Å². The second-order valence-electron chi connectivity index (χ2n) is 5.26. The van der Waals surface area contributed by atoms with Gasteiger partial charge in [0.15, 0.2) is 0 Å². The Bertz CT molecular complexity index is 360. The maximum Gasteiger partial charge on any atom is 0.123 e. The van der Waals surface area contributed by atoms with Crippen molar-refractivity contribution in [1.82, 2.24) is 5.32 Å². The Labute approximate surface area is 104 Å². The molecule has 0 aliphatic rings. The summed E-state index contributed by atoms with van der Waals surface area (Å²) in [6, 6.07) is 5.57. The number of rotatable bonds is 5. The van der Waals surface area contributed by atoms with Crippen molar-refractivity contribution in [2.75, 3.05) is 7.05 Å². The normalized spacial score (nSPS) is 15.0. The summed E-state index contributed by atoms with van der Waals surface area (Å²) in [5, 5.41) is 3.32. The minimum absolute atomic E-state index is 0.144. The minimum Gasteiger partial charge on any atom is -0.317 e. The van der Waals surface area contributed by atoms with E-state index in [1.807, 2.05) is 20.0 Å². The van der Waals surface area contributed by atoms with Gasteiger partial charge in [-0.25, -0.2) is 4.39 Å². The van der Waals surface area contributed by atoms with E-state index in [2.05, 4.69) is 26.1 Å². The molecule has 0 bridgehead atoms. The molecule has 2 heteroatoms. The summed E-state index contributed by atoms with van der Waals surface area (Å²) in [5.74, 6) is 1.04. The monoisotopic (exact) mass is 237 g/mol. The van der Waals surface area contributed by atoms with Gasteiger partial charge in [0.25, 0.3) is 0 Å². The molecule has 0 amide bonds. The molecule has 0 radical (unpaired) electrons. The summed E-state index contributed by atoms with van der Waals surface area (Å²) in [5.41, 5.74) is 2.31. The van der Waals surface area contributed by atoms with Gasteiger partial charge in [-0.3, -0.25) is 0 Å². The van der Waals surface area contributed by atoms with Crippen LogP contribution in [-0.2, 0) is 6.42 Å². The van der Waals surface area contributed by atoms with Crippen molar-refractivity contribution in [2.45, 2.75) is 40.2 Å². The molecule has 0 heterocycles. The summed E-state index contributed by atoms with van der Waals surface area (Å²) in [6.45, 7) is 8.69. The van der Waals surface area contributed by atoms with Gasteiger partial charge in [0, 0.05) is 6.04 Å². The first-order valence-corrected chi connectivity index (χ1v) is 6.38. The first kappa shape index (κ1) is 14.2. The molecule has 0 fully saturated rings. The van der Waals surface area contributed by atoms with Gasteiger partial charge in [-0.15, -0.1) is 0 Å². The number of aryl methyl sites for hydroxylation is 1. The molecule has 1 aromatic rings. The second-order valence-corrected chi connectivity index (χ2v) is 5.26. The number of benzene rings is 1. The smallest absolute Gasteiger partial charge is 0.123 e. The standard InChI is InChI=1S/C15H24FN/c1-10(2)15(12(4)17-5)9-13-6-7-14(16)8-11(13)3/h6-8,10,12,15,17H,9H2,1-5H3. The van der Waals surface area contributed by atoms with E-state index >= 15 is 0 Å². The molecule has 0 saturated heterocycles. The van der Waals surface area contributed by atoms with Crippen LogP contribution in [0, 0.1) is 24.6 Å². The molecule has 1 N–H and O–H groups in total.